The van der Waals surface area contributed by atoms with Crippen molar-refractivity contribution in [3.63, 3.8) is 0 Å². The summed E-state index contributed by atoms with van der Waals surface area (Å²) in [6.45, 7) is 0. The molecule has 0 radical (unpaired) electrons. The third-order valence-electron chi connectivity index (χ3n) is 2.78. The molecule has 0 aliphatic carbocycles. The van der Waals surface area contributed by atoms with Gasteiger partial charge in [0.25, 0.3) is 0 Å². The van der Waals surface area contributed by atoms with Gasteiger partial charge in [0.1, 0.15) is 5.92 Å². The van der Waals surface area contributed by atoms with Gasteiger partial charge >= 0.3 is 0 Å². The number of nitrogens with zero attached hydrogens (tertiary/aromatic N) is 1. The summed E-state index contributed by atoms with van der Waals surface area (Å²) in [4.78, 5) is 12.5. The molecule has 100 valence electrons. The smallest absolute Gasteiger partial charge is 0.187 e. The summed E-state index contributed by atoms with van der Waals surface area (Å²) < 4.78 is 0. The van der Waals surface area contributed by atoms with Crippen molar-refractivity contribution in [3.8, 4) is 6.07 Å². The SMILES string of the molecule is N#CC(C(=O)c1c(Cl)cccc1Cl)c1cccc(Cl)c1. The average molecular weight is 325 g/mol. The largest absolute Gasteiger partial charge is 0.292 e. The molecule has 0 N–H and O–H groups in total. The highest BCUT2D eigenvalue weighted by molar-refractivity contribution is 6.40. The fourth-order valence-electron chi connectivity index (χ4n) is 1.85. The van der Waals surface area contributed by atoms with E-state index in [1.54, 1.807) is 42.5 Å². The maximum Gasteiger partial charge on any atom is 0.187 e. The van der Waals surface area contributed by atoms with Crippen LogP contribution in [0.1, 0.15) is 21.8 Å². The molecule has 0 heterocycles. The molecule has 2 rings (SSSR count). The van der Waals surface area contributed by atoms with E-state index in [9.17, 15) is 10.1 Å². The Hall–Kier alpha value is -1.53. The van der Waals surface area contributed by atoms with E-state index in [1.165, 1.54) is 0 Å². The first-order chi connectivity index (χ1) is 9.54. The zero-order valence-corrected chi connectivity index (χ0v) is 12.4. The highest BCUT2D eigenvalue weighted by Gasteiger charge is 2.25. The van der Waals surface area contributed by atoms with Gasteiger partial charge in [0.05, 0.1) is 21.7 Å². The van der Waals surface area contributed by atoms with E-state index in [1.807, 2.05) is 6.07 Å². The number of benzene rings is 2. The lowest BCUT2D eigenvalue weighted by Crippen LogP contribution is -2.12. The topological polar surface area (TPSA) is 40.9 Å². The molecule has 0 bridgehead atoms. The fourth-order valence-corrected chi connectivity index (χ4v) is 2.63. The number of nitriles is 1. The van der Waals surface area contributed by atoms with E-state index in [0.29, 0.717) is 10.6 Å². The van der Waals surface area contributed by atoms with Crippen LogP contribution in [0.15, 0.2) is 42.5 Å². The van der Waals surface area contributed by atoms with Gasteiger partial charge in [0.15, 0.2) is 5.78 Å². The van der Waals surface area contributed by atoms with Crippen LogP contribution < -0.4 is 0 Å². The van der Waals surface area contributed by atoms with Crippen LogP contribution in [-0.4, -0.2) is 5.78 Å². The Labute approximate surface area is 131 Å². The summed E-state index contributed by atoms with van der Waals surface area (Å²) >= 11 is 17.9. The molecule has 2 aromatic carbocycles. The minimum absolute atomic E-state index is 0.155. The third kappa shape index (κ3) is 2.96. The van der Waals surface area contributed by atoms with E-state index in [0.717, 1.165) is 0 Å². The van der Waals surface area contributed by atoms with Crippen molar-refractivity contribution >= 4 is 40.6 Å². The minimum atomic E-state index is -0.994. The highest BCUT2D eigenvalue weighted by atomic mass is 35.5. The second kappa shape index (κ2) is 6.28. The van der Waals surface area contributed by atoms with Crippen LogP contribution in [0.3, 0.4) is 0 Å². The van der Waals surface area contributed by atoms with E-state index < -0.39 is 11.7 Å². The lowest BCUT2D eigenvalue weighted by Gasteiger charge is -2.11. The van der Waals surface area contributed by atoms with Crippen LogP contribution in [0.2, 0.25) is 15.1 Å². The standard InChI is InChI=1S/C15H8Cl3NO/c16-10-4-1-3-9(7-10)11(8-19)15(20)14-12(17)5-2-6-13(14)18/h1-7,11H. The van der Waals surface area contributed by atoms with E-state index >= 15 is 0 Å². The van der Waals surface area contributed by atoms with Crippen molar-refractivity contribution in [2.24, 2.45) is 0 Å². The van der Waals surface area contributed by atoms with Gasteiger partial charge in [-0.05, 0) is 29.8 Å². The predicted octanol–water partition coefficient (Wildman–Crippen LogP) is 5.14. The van der Waals surface area contributed by atoms with Crippen molar-refractivity contribution in [1.29, 1.82) is 5.26 Å². The third-order valence-corrected chi connectivity index (χ3v) is 3.65. The maximum atomic E-state index is 12.5. The molecule has 0 aliphatic rings. The number of hydrogen-bond acceptors (Lipinski definition) is 2. The summed E-state index contributed by atoms with van der Waals surface area (Å²) in [6.07, 6.45) is 0. The van der Waals surface area contributed by atoms with Gasteiger partial charge < -0.3 is 0 Å². The molecule has 20 heavy (non-hydrogen) atoms. The molecule has 0 fully saturated rings. The van der Waals surface area contributed by atoms with E-state index in [4.69, 9.17) is 34.8 Å². The van der Waals surface area contributed by atoms with Gasteiger partial charge in [-0.15, -0.1) is 0 Å². The van der Waals surface area contributed by atoms with Crippen LogP contribution in [0.4, 0.5) is 0 Å². The van der Waals surface area contributed by atoms with Gasteiger partial charge in [0, 0.05) is 5.02 Å². The summed E-state index contributed by atoms with van der Waals surface area (Å²) in [7, 11) is 0. The maximum absolute atomic E-state index is 12.5. The van der Waals surface area contributed by atoms with Crippen molar-refractivity contribution in [1.82, 2.24) is 0 Å². The van der Waals surface area contributed by atoms with Crippen molar-refractivity contribution < 1.29 is 4.79 Å². The molecule has 2 nitrogen and oxygen atoms in total. The molecular weight excluding hydrogens is 317 g/mol. The molecular formula is C15H8Cl3NO. The lowest BCUT2D eigenvalue weighted by molar-refractivity contribution is 0.0979. The monoisotopic (exact) mass is 323 g/mol. The van der Waals surface area contributed by atoms with E-state index in [2.05, 4.69) is 0 Å². The number of carbonyl (C=O) groups excluding carboxylic acids is 1. The molecule has 0 aromatic heterocycles. The highest BCUT2D eigenvalue weighted by Crippen LogP contribution is 2.30. The predicted molar refractivity (Wildman–Crippen MR) is 80.6 cm³/mol. The van der Waals surface area contributed by atoms with Crippen LogP contribution >= 0.6 is 34.8 Å². The number of rotatable bonds is 3. The van der Waals surface area contributed by atoms with Gasteiger partial charge in [-0.3, -0.25) is 4.79 Å². The molecule has 1 atom stereocenters. The molecule has 0 amide bonds. The number of Topliss-reactive ketones (excluding diaryl/α,β-unsaturated/α-hetero) is 1. The van der Waals surface area contributed by atoms with Gasteiger partial charge in [-0.1, -0.05) is 53.0 Å². The first-order valence-corrected chi connectivity index (χ1v) is 6.81. The number of ketones is 1. The van der Waals surface area contributed by atoms with Crippen molar-refractivity contribution in [3.05, 3.63) is 68.7 Å². The van der Waals surface area contributed by atoms with E-state index in [-0.39, 0.29) is 15.6 Å². The molecule has 0 spiro atoms. The van der Waals surface area contributed by atoms with Gasteiger partial charge in [-0.25, -0.2) is 0 Å². The Bertz CT molecular complexity index is 686. The molecule has 0 aliphatic heterocycles. The summed E-state index contributed by atoms with van der Waals surface area (Å²) in [6, 6.07) is 13.3. The first kappa shape index (κ1) is 14.9. The lowest BCUT2D eigenvalue weighted by atomic mass is 9.92. The quantitative estimate of drug-likeness (QED) is 0.734. The van der Waals surface area contributed by atoms with Crippen molar-refractivity contribution in [2.45, 2.75) is 5.92 Å². The molecule has 0 saturated carbocycles. The fraction of sp³-hybridized carbons (Fsp3) is 0.0667. The summed E-state index contributed by atoms with van der Waals surface area (Å²) in [5, 5.41) is 10.2. The van der Waals surface area contributed by atoms with Crippen LogP contribution in [-0.2, 0) is 0 Å². The minimum Gasteiger partial charge on any atom is -0.292 e. The zero-order valence-electron chi connectivity index (χ0n) is 10.1. The van der Waals surface area contributed by atoms with Crippen LogP contribution in [0.5, 0.6) is 0 Å². The Kier molecular flexibility index (Phi) is 4.67. The summed E-state index contributed by atoms with van der Waals surface area (Å²) in [5.41, 5.74) is 0.670. The second-order valence-corrected chi connectivity index (χ2v) is 5.33. The number of carbonyl (C=O) groups is 1. The van der Waals surface area contributed by atoms with Gasteiger partial charge in [-0.2, -0.15) is 5.26 Å². The summed E-state index contributed by atoms with van der Waals surface area (Å²) in [5.74, 6) is -1.43. The first-order valence-electron chi connectivity index (χ1n) is 5.68. The molecule has 2 aromatic rings. The Balaban J connectivity index is 2.48. The average Bonchev–Trinajstić information content (AvgIpc) is 2.39. The van der Waals surface area contributed by atoms with Crippen LogP contribution in [0.25, 0.3) is 0 Å². The van der Waals surface area contributed by atoms with Gasteiger partial charge in [0.2, 0.25) is 0 Å². The van der Waals surface area contributed by atoms with Crippen LogP contribution in [0, 0.1) is 11.3 Å². The zero-order chi connectivity index (χ0) is 14.7. The number of halogens is 3. The number of hydrogen-bond donors (Lipinski definition) is 0. The molecule has 1 unspecified atom stereocenters. The normalized spacial score (nSPS) is 11.7. The molecule has 5 heteroatoms. The Morgan fingerprint density at radius 1 is 1.05 bits per heavy atom. The van der Waals surface area contributed by atoms with Crippen molar-refractivity contribution in [2.75, 3.05) is 0 Å². The second-order valence-electron chi connectivity index (χ2n) is 4.08. The Morgan fingerprint density at radius 2 is 1.65 bits per heavy atom. The Morgan fingerprint density at radius 3 is 2.20 bits per heavy atom. The molecule has 0 saturated heterocycles.